The van der Waals surface area contributed by atoms with Crippen LogP contribution in [0.3, 0.4) is 0 Å². The van der Waals surface area contributed by atoms with Crippen LogP contribution in [0.15, 0.2) is 24.3 Å². The maximum atomic E-state index is 13.0. The maximum Gasteiger partial charge on any atom is 0.225 e. The molecule has 5 nitrogen and oxygen atoms in total. The van der Waals surface area contributed by atoms with E-state index < -0.39 is 10.0 Å². The van der Waals surface area contributed by atoms with Crippen molar-refractivity contribution in [1.29, 1.82) is 0 Å². The van der Waals surface area contributed by atoms with E-state index >= 15 is 0 Å². The fraction of sp³-hybridized carbons (Fsp3) is 0.650. The average Bonchev–Trinajstić information content (AvgIpc) is 2.69. The zero-order valence-corrected chi connectivity index (χ0v) is 16.8. The molecule has 2 fully saturated rings. The molecule has 0 bridgehead atoms. The van der Waals surface area contributed by atoms with Crippen molar-refractivity contribution in [2.75, 3.05) is 20.1 Å². The fourth-order valence-electron chi connectivity index (χ4n) is 4.20. The number of nitrogens with zero attached hydrogens (tertiary/aromatic N) is 2. The lowest BCUT2D eigenvalue weighted by molar-refractivity contribution is -0.138. The number of hydrogen-bond acceptors (Lipinski definition) is 3. The highest BCUT2D eigenvalue weighted by molar-refractivity contribution is 7.88. The molecule has 7 heteroatoms. The van der Waals surface area contributed by atoms with Gasteiger partial charge in [-0.25, -0.2) is 17.1 Å². The summed E-state index contributed by atoms with van der Waals surface area (Å²) >= 11 is 0. The predicted molar refractivity (Wildman–Crippen MR) is 103 cm³/mol. The lowest BCUT2D eigenvalue weighted by Crippen LogP contribution is -2.46. The smallest absolute Gasteiger partial charge is 0.225 e. The first-order chi connectivity index (χ1) is 12.9. The second-order valence-electron chi connectivity index (χ2n) is 7.80. The van der Waals surface area contributed by atoms with Gasteiger partial charge < -0.3 is 4.90 Å². The number of hydrogen-bond donors (Lipinski definition) is 0. The van der Waals surface area contributed by atoms with Crippen molar-refractivity contribution in [3.63, 3.8) is 0 Å². The molecule has 0 unspecified atom stereocenters. The minimum Gasteiger partial charge on any atom is -0.343 e. The van der Waals surface area contributed by atoms with Gasteiger partial charge in [0.1, 0.15) is 5.82 Å². The first-order valence-corrected chi connectivity index (χ1v) is 11.5. The van der Waals surface area contributed by atoms with E-state index in [0.717, 1.165) is 12.8 Å². The van der Waals surface area contributed by atoms with Gasteiger partial charge in [-0.3, -0.25) is 4.79 Å². The van der Waals surface area contributed by atoms with E-state index in [1.165, 1.54) is 47.8 Å². The Morgan fingerprint density at radius 1 is 1.07 bits per heavy atom. The standard InChI is InChI=1S/C20H29FN2O3S/c1-22(19-5-3-2-4-6-19)20(24)17-11-13-23(14-12-17)27(25,26)15-16-7-9-18(21)10-8-16/h7-10,17,19H,2-6,11-15H2,1H3. The number of sulfonamides is 1. The molecule has 1 aliphatic carbocycles. The molecule has 3 rings (SSSR count). The number of piperidine rings is 1. The lowest BCUT2D eigenvalue weighted by atomic mass is 9.91. The van der Waals surface area contributed by atoms with Gasteiger partial charge in [0.2, 0.25) is 15.9 Å². The van der Waals surface area contributed by atoms with Crippen molar-refractivity contribution in [2.45, 2.75) is 56.7 Å². The average molecular weight is 397 g/mol. The molecule has 1 saturated heterocycles. The van der Waals surface area contributed by atoms with Crippen LogP contribution in [-0.2, 0) is 20.6 Å². The van der Waals surface area contributed by atoms with Crippen LogP contribution in [0.1, 0.15) is 50.5 Å². The Hall–Kier alpha value is -1.47. The summed E-state index contributed by atoms with van der Waals surface area (Å²) in [5.74, 6) is -0.433. The summed E-state index contributed by atoms with van der Waals surface area (Å²) in [7, 11) is -1.55. The Morgan fingerprint density at radius 2 is 1.67 bits per heavy atom. The van der Waals surface area contributed by atoms with Gasteiger partial charge in [-0.15, -0.1) is 0 Å². The summed E-state index contributed by atoms with van der Waals surface area (Å²) in [5, 5.41) is 0. The minimum atomic E-state index is -3.45. The molecule has 0 atom stereocenters. The second-order valence-corrected chi connectivity index (χ2v) is 9.77. The molecule has 1 aromatic carbocycles. The molecule has 27 heavy (non-hydrogen) atoms. The molecular weight excluding hydrogens is 367 g/mol. The molecule has 1 heterocycles. The monoisotopic (exact) mass is 396 g/mol. The van der Waals surface area contributed by atoms with Crippen LogP contribution in [0.2, 0.25) is 0 Å². The molecule has 0 spiro atoms. The van der Waals surface area contributed by atoms with E-state index in [-0.39, 0.29) is 23.4 Å². The Morgan fingerprint density at radius 3 is 2.26 bits per heavy atom. The first kappa shape index (κ1) is 20.3. The largest absolute Gasteiger partial charge is 0.343 e. The molecule has 1 aromatic rings. The SMILES string of the molecule is CN(C(=O)C1CCN(S(=O)(=O)Cc2ccc(F)cc2)CC1)C1CCCCC1. The third kappa shape index (κ3) is 5.08. The van der Waals surface area contributed by atoms with Gasteiger partial charge in [0, 0.05) is 32.1 Å². The van der Waals surface area contributed by atoms with Gasteiger partial charge >= 0.3 is 0 Å². The summed E-state index contributed by atoms with van der Waals surface area (Å²) in [6.07, 6.45) is 6.91. The second kappa shape index (κ2) is 8.69. The van der Waals surface area contributed by atoms with Gasteiger partial charge in [0.15, 0.2) is 0 Å². The number of halogens is 1. The summed E-state index contributed by atoms with van der Waals surface area (Å²) in [5.41, 5.74) is 0.576. The Kier molecular flexibility index (Phi) is 6.52. The van der Waals surface area contributed by atoms with Gasteiger partial charge in [0.25, 0.3) is 0 Å². The highest BCUT2D eigenvalue weighted by Gasteiger charge is 2.34. The predicted octanol–water partition coefficient (Wildman–Crippen LogP) is 3.16. The molecule has 1 saturated carbocycles. The topological polar surface area (TPSA) is 57.7 Å². The van der Waals surface area contributed by atoms with Crippen molar-refractivity contribution in [3.8, 4) is 0 Å². The highest BCUT2D eigenvalue weighted by atomic mass is 32.2. The van der Waals surface area contributed by atoms with E-state index in [2.05, 4.69) is 0 Å². The van der Waals surface area contributed by atoms with Crippen molar-refractivity contribution >= 4 is 15.9 Å². The normalized spacial score (nSPS) is 20.5. The highest BCUT2D eigenvalue weighted by Crippen LogP contribution is 2.27. The van der Waals surface area contributed by atoms with Gasteiger partial charge in [-0.05, 0) is 43.4 Å². The Balaban J connectivity index is 1.54. The van der Waals surface area contributed by atoms with Gasteiger partial charge in [0.05, 0.1) is 5.75 Å². The van der Waals surface area contributed by atoms with Crippen molar-refractivity contribution in [1.82, 2.24) is 9.21 Å². The Bertz CT molecular complexity index is 737. The van der Waals surface area contributed by atoms with E-state index in [1.807, 2.05) is 11.9 Å². The van der Waals surface area contributed by atoms with Gasteiger partial charge in [-0.1, -0.05) is 31.4 Å². The number of carbonyl (C=O) groups is 1. The number of benzene rings is 1. The van der Waals surface area contributed by atoms with Crippen LogP contribution in [0.25, 0.3) is 0 Å². The van der Waals surface area contributed by atoms with Crippen molar-refractivity contribution < 1.29 is 17.6 Å². The summed E-state index contributed by atoms with van der Waals surface area (Å²) in [6.45, 7) is 0.747. The van der Waals surface area contributed by atoms with E-state index in [0.29, 0.717) is 37.5 Å². The molecular formula is C20H29FN2O3S. The fourth-order valence-corrected chi connectivity index (χ4v) is 5.76. The van der Waals surface area contributed by atoms with Crippen LogP contribution >= 0.6 is 0 Å². The molecule has 0 radical (unpaired) electrons. The third-order valence-electron chi connectivity index (χ3n) is 5.93. The van der Waals surface area contributed by atoms with Crippen LogP contribution in [0.5, 0.6) is 0 Å². The molecule has 2 aliphatic rings. The van der Waals surface area contributed by atoms with Crippen LogP contribution in [-0.4, -0.2) is 49.7 Å². The van der Waals surface area contributed by atoms with E-state index in [9.17, 15) is 17.6 Å². The molecule has 150 valence electrons. The number of amides is 1. The molecule has 0 N–H and O–H groups in total. The van der Waals surface area contributed by atoms with Crippen LogP contribution < -0.4 is 0 Å². The zero-order chi connectivity index (χ0) is 19.4. The van der Waals surface area contributed by atoms with Crippen molar-refractivity contribution in [2.24, 2.45) is 5.92 Å². The third-order valence-corrected chi connectivity index (χ3v) is 7.78. The van der Waals surface area contributed by atoms with Crippen LogP contribution in [0, 0.1) is 11.7 Å². The molecule has 1 aliphatic heterocycles. The maximum absolute atomic E-state index is 13.0. The number of carbonyl (C=O) groups excluding carboxylic acids is 1. The van der Waals surface area contributed by atoms with E-state index in [1.54, 1.807) is 0 Å². The Labute approximate surface area is 161 Å². The summed E-state index contributed by atoms with van der Waals surface area (Å²) in [4.78, 5) is 14.7. The van der Waals surface area contributed by atoms with Crippen molar-refractivity contribution in [3.05, 3.63) is 35.6 Å². The molecule has 0 aromatic heterocycles. The number of rotatable bonds is 5. The van der Waals surface area contributed by atoms with E-state index in [4.69, 9.17) is 0 Å². The van der Waals surface area contributed by atoms with Crippen LogP contribution in [0.4, 0.5) is 4.39 Å². The zero-order valence-electron chi connectivity index (χ0n) is 15.9. The minimum absolute atomic E-state index is 0.0887. The lowest BCUT2D eigenvalue weighted by Gasteiger charge is -2.36. The summed E-state index contributed by atoms with van der Waals surface area (Å²) < 4.78 is 39.7. The first-order valence-electron chi connectivity index (χ1n) is 9.86. The quantitative estimate of drug-likeness (QED) is 0.768. The summed E-state index contributed by atoms with van der Waals surface area (Å²) in [6, 6.07) is 5.89. The molecule has 1 amide bonds. The van der Waals surface area contributed by atoms with Gasteiger partial charge in [-0.2, -0.15) is 0 Å².